The minimum Gasteiger partial charge on any atom is -0.456 e. The lowest BCUT2D eigenvalue weighted by molar-refractivity contribution is 0.668. The fourth-order valence-electron chi connectivity index (χ4n) is 15.2. The molecule has 0 amide bonds. The molecule has 0 spiro atoms. The summed E-state index contributed by atoms with van der Waals surface area (Å²) in [6.07, 6.45) is 7.67. The van der Waals surface area contributed by atoms with Gasteiger partial charge in [-0.2, -0.15) is 0 Å². The van der Waals surface area contributed by atoms with Gasteiger partial charge in [-0.25, -0.2) is 0 Å². The number of hydrogen-bond donors (Lipinski definition) is 0. The van der Waals surface area contributed by atoms with E-state index >= 15 is 0 Å². The van der Waals surface area contributed by atoms with Crippen molar-refractivity contribution in [1.82, 2.24) is 14.5 Å². The summed E-state index contributed by atoms with van der Waals surface area (Å²) < 4.78 is 91.2. The van der Waals surface area contributed by atoms with Crippen LogP contribution in [-0.4, -0.2) is 21.2 Å². The van der Waals surface area contributed by atoms with Crippen molar-refractivity contribution in [1.29, 1.82) is 0 Å². The Hall–Kier alpha value is -12.8. The number of nitrogens with zero attached hydrogens (tertiary/aromatic N) is 5. The van der Waals surface area contributed by atoms with Gasteiger partial charge in [0.2, 0.25) is 0 Å². The molecule has 0 saturated heterocycles. The number of aromatic nitrogens is 3. The summed E-state index contributed by atoms with van der Waals surface area (Å²) in [7, 11) is 0. The minimum atomic E-state index is -0.597. The fraction of sp³-hybridized carbons (Fsp3) is 0. The Bertz CT molecular complexity index is 6180. The van der Waals surface area contributed by atoms with Crippen LogP contribution in [0.1, 0.15) is 11.0 Å². The lowest BCUT2D eigenvalue weighted by Crippen LogP contribution is -2.61. The van der Waals surface area contributed by atoms with Crippen LogP contribution in [0.15, 0.2) is 337 Å². The van der Waals surface area contributed by atoms with Gasteiger partial charge in [0.15, 0.2) is 0 Å². The average Bonchev–Trinajstić information content (AvgIpc) is 1.12. The summed E-state index contributed by atoms with van der Waals surface area (Å²) in [5.41, 5.74) is 21.5. The highest BCUT2D eigenvalue weighted by Gasteiger charge is 2.46. The molecule has 20 rings (SSSR count). The van der Waals surface area contributed by atoms with Gasteiger partial charge in [0.25, 0.3) is 6.71 Å². The van der Waals surface area contributed by atoms with Crippen molar-refractivity contribution in [2.24, 2.45) is 0 Å². The second kappa shape index (κ2) is 21.4. The second-order valence-electron chi connectivity index (χ2n) is 24.6. The summed E-state index contributed by atoms with van der Waals surface area (Å²) in [6.45, 7) is -0.597. The number of anilines is 6. The monoisotopic (exact) mass is 1230 g/mol. The first-order valence-corrected chi connectivity index (χ1v) is 32.0. The smallest absolute Gasteiger partial charge is 0.252 e. The number of hydrogen-bond acceptors (Lipinski definition) is 6. The van der Waals surface area contributed by atoms with E-state index in [0.717, 1.165) is 150 Å². The lowest BCUT2D eigenvalue weighted by Gasteiger charge is -2.46. The van der Waals surface area contributed by atoms with Crippen LogP contribution < -0.4 is 26.2 Å². The predicted molar refractivity (Wildman–Crippen MR) is 398 cm³/mol. The second-order valence-corrected chi connectivity index (χ2v) is 24.6. The van der Waals surface area contributed by atoms with E-state index in [1.807, 2.05) is 134 Å². The molecule has 7 nitrogen and oxygen atoms in total. The number of furan rings is 2. The predicted octanol–water partition coefficient (Wildman–Crippen LogP) is 21.5. The SMILES string of the molecule is [2H]c1c([2H])c([2H])c2c(c1[2H])c1c([2H])c([2H])c([2H])c([2H])c1n2-c1cc2c3c(c1)N(c1c(-c4ccccc4)cncc1-c1ccccc1)c1ccc(-c4ccc5oc6ccccc6c5c4)cc1B3c1cc(-c3ccc4oc5ccccc5c4c3)ccc1N2c1c(-c2ccccc2)cncc1-c1ccccc1. The van der Waals surface area contributed by atoms with Crippen LogP contribution in [-0.2, 0) is 0 Å². The summed E-state index contributed by atoms with van der Waals surface area (Å²) in [5.74, 6) is 0. The third-order valence-corrected chi connectivity index (χ3v) is 19.4. The van der Waals surface area contributed by atoms with E-state index in [2.05, 4.69) is 155 Å². The Balaban J connectivity index is 0.993. The van der Waals surface area contributed by atoms with Crippen LogP contribution in [0.5, 0.6) is 0 Å². The van der Waals surface area contributed by atoms with Crippen LogP contribution >= 0.6 is 0 Å². The molecule has 0 saturated carbocycles. The molecular formula is C88H54BN5O2. The van der Waals surface area contributed by atoms with E-state index < -0.39 is 55.1 Å². The van der Waals surface area contributed by atoms with E-state index in [1.54, 1.807) is 4.57 Å². The third-order valence-electron chi connectivity index (χ3n) is 19.4. The number of rotatable bonds is 9. The van der Waals surface area contributed by atoms with Gasteiger partial charge in [-0.05, 0) is 134 Å². The zero-order valence-electron chi connectivity index (χ0n) is 59.2. The molecule has 0 atom stereocenters. The van der Waals surface area contributed by atoms with Crippen molar-refractivity contribution in [2.45, 2.75) is 0 Å². The molecule has 0 unspecified atom stereocenters. The van der Waals surface area contributed by atoms with Crippen LogP contribution in [0, 0.1) is 0 Å². The van der Waals surface area contributed by atoms with Crippen molar-refractivity contribution < 1.29 is 19.8 Å². The average molecular weight is 1230 g/mol. The third kappa shape index (κ3) is 8.28. The Labute approximate surface area is 564 Å². The maximum atomic E-state index is 10.0. The Kier molecular flexibility index (Phi) is 10.3. The molecule has 0 radical (unpaired) electrons. The molecule has 5 aromatic heterocycles. The number of benzene rings is 13. The molecule has 2 aliphatic heterocycles. The topological polar surface area (TPSA) is 63.5 Å². The Morgan fingerprint density at radius 2 is 0.656 bits per heavy atom. The zero-order chi connectivity index (χ0) is 69.9. The molecule has 8 heteroatoms. The molecule has 0 aliphatic carbocycles. The van der Waals surface area contributed by atoms with Gasteiger partial charge in [0, 0.05) is 102 Å². The molecule has 0 bridgehead atoms. The first-order valence-electron chi connectivity index (χ1n) is 36.0. The normalized spacial score (nSPS) is 13.7. The van der Waals surface area contributed by atoms with E-state index in [-0.39, 0.29) is 21.8 Å². The van der Waals surface area contributed by atoms with Crippen molar-refractivity contribution in [3.05, 3.63) is 328 Å². The van der Waals surface area contributed by atoms with E-state index in [9.17, 15) is 11.0 Å². The molecule has 18 aromatic rings. The standard InChI is InChI=1S/C88H54BN5O2/c1-5-21-55(22-6-1)70-51-90-52-71(56-23-7-2-8-24-56)87(70)93-78-41-37-61(59-39-43-84-68(45-59)66-31-15-19-35-82(66)95-84)47-74(78)89-75-48-62(60-40-44-85-69(46-60)67-32-16-20-36-83(67)96-85)38-42-79(75)94(88-72(57-25-9-3-10-26-57)53-91-54-73(88)58-27-11-4-12-28-58)81-50-63(49-80(93)86(81)89)92-76-33-17-13-29-64(76)65-30-14-18-34-77(65)92/h1-54H/i13D,14D,17D,18D,29D,30D,33D,34D. The highest BCUT2D eigenvalue weighted by molar-refractivity contribution is 7.00. The molecule has 0 N–H and O–H groups in total. The molecular weight excluding hydrogens is 1170 g/mol. The van der Waals surface area contributed by atoms with Crippen molar-refractivity contribution >= 4 is 123 Å². The van der Waals surface area contributed by atoms with Gasteiger partial charge in [0.05, 0.1) is 39.1 Å². The van der Waals surface area contributed by atoms with Gasteiger partial charge in [-0.15, -0.1) is 0 Å². The highest BCUT2D eigenvalue weighted by Crippen LogP contribution is 2.54. The number of para-hydroxylation sites is 4. The molecule has 7 heterocycles. The lowest BCUT2D eigenvalue weighted by atomic mass is 9.33. The van der Waals surface area contributed by atoms with E-state index in [0.29, 0.717) is 17.1 Å². The maximum Gasteiger partial charge on any atom is 0.252 e. The minimum absolute atomic E-state index is 0.0102. The number of fused-ring (bicyclic) bond motifs is 13. The van der Waals surface area contributed by atoms with Gasteiger partial charge in [-0.1, -0.05) is 230 Å². The molecule has 2 aliphatic rings. The van der Waals surface area contributed by atoms with Gasteiger partial charge in [-0.3, -0.25) is 9.97 Å². The van der Waals surface area contributed by atoms with Crippen LogP contribution in [0.25, 0.3) is 138 Å². The van der Waals surface area contributed by atoms with Gasteiger partial charge in [0.1, 0.15) is 22.3 Å². The zero-order valence-corrected chi connectivity index (χ0v) is 51.2. The molecule has 96 heavy (non-hydrogen) atoms. The van der Waals surface area contributed by atoms with Gasteiger partial charge >= 0.3 is 0 Å². The molecule has 0 fully saturated rings. The fourth-order valence-corrected chi connectivity index (χ4v) is 15.2. The van der Waals surface area contributed by atoms with Crippen molar-refractivity contribution in [3.63, 3.8) is 0 Å². The summed E-state index contributed by atoms with van der Waals surface area (Å²) >= 11 is 0. The van der Waals surface area contributed by atoms with Crippen LogP contribution in [0.2, 0.25) is 0 Å². The van der Waals surface area contributed by atoms with Crippen LogP contribution in [0.3, 0.4) is 0 Å². The Morgan fingerprint density at radius 1 is 0.302 bits per heavy atom. The maximum absolute atomic E-state index is 10.0. The first kappa shape index (κ1) is 46.3. The van der Waals surface area contributed by atoms with Gasteiger partial charge < -0.3 is 23.2 Å². The largest absolute Gasteiger partial charge is 0.456 e. The summed E-state index contributed by atoms with van der Waals surface area (Å²) in [5, 5.41) is 3.92. The number of pyridine rings is 2. The molecule has 446 valence electrons. The summed E-state index contributed by atoms with van der Waals surface area (Å²) in [6, 6.07) is 83.8. The van der Waals surface area contributed by atoms with Crippen molar-refractivity contribution in [3.8, 4) is 72.4 Å². The van der Waals surface area contributed by atoms with E-state index in [4.69, 9.17) is 18.8 Å². The quantitative estimate of drug-likeness (QED) is 0.134. The van der Waals surface area contributed by atoms with Crippen LogP contribution in [0.4, 0.5) is 34.1 Å². The molecule has 13 aromatic carbocycles. The first-order chi connectivity index (χ1) is 50.9. The Morgan fingerprint density at radius 3 is 1.07 bits per heavy atom. The van der Waals surface area contributed by atoms with E-state index in [1.165, 1.54) is 0 Å². The van der Waals surface area contributed by atoms with Crippen molar-refractivity contribution in [2.75, 3.05) is 9.80 Å². The highest BCUT2D eigenvalue weighted by atomic mass is 16.3. The summed E-state index contributed by atoms with van der Waals surface area (Å²) in [4.78, 5) is 14.8.